The van der Waals surface area contributed by atoms with Crippen molar-refractivity contribution in [3.8, 4) is 6.07 Å². The van der Waals surface area contributed by atoms with Gasteiger partial charge in [0.15, 0.2) is 5.76 Å². The number of hydrogen-bond donors (Lipinski definition) is 0. The first-order valence-electron chi connectivity index (χ1n) is 4.92. The van der Waals surface area contributed by atoms with E-state index in [-0.39, 0.29) is 5.92 Å². The van der Waals surface area contributed by atoms with E-state index in [1.165, 1.54) is 0 Å². The number of rotatable bonds is 3. The van der Waals surface area contributed by atoms with Crippen molar-refractivity contribution in [2.75, 3.05) is 0 Å². The van der Waals surface area contributed by atoms with E-state index in [9.17, 15) is 0 Å². The van der Waals surface area contributed by atoms with Gasteiger partial charge in [0.2, 0.25) is 0 Å². The molecule has 76 valence electrons. The van der Waals surface area contributed by atoms with Crippen LogP contribution in [0.4, 0.5) is 0 Å². The zero-order chi connectivity index (χ0) is 10.7. The standard InChI is InChI=1S/C11H16N2O/c1-7(2)9(4)10-5-11(14-13-10)8(3)6-12/h5,7-9H,1-4H3/t8?,9-/m0/s1. The van der Waals surface area contributed by atoms with Crippen molar-refractivity contribution in [2.45, 2.75) is 39.5 Å². The van der Waals surface area contributed by atoms with Crippen molar-refractivity contribution >= 4 is 0 Å². The van der Waals surface area contributed by atoms with Crippen LogP contribution in [0.1, 0.15) is 51.0 Å². The molecule has 0 N–H and O–H groups in total. The highest BCUT2D eigenvalue weighted by molar-refractivity contribution is 5.17. The van der Waals surface area contributed by atoms with E-state index in [0.29, 0.717) is 17.6 Å². The monoisotopic (exact) mass is 192 g/mol. The van der Waals surface area contributed by atoms with Gasteiger partial charge >= 0.3 is 0 Å². The van der Waals surface area contributed by atoms with Crippen LogP contribution in [-0.2, 0) is 0 Å². The van der Waals surface area contributed by atoms with Crippen LogP contribution in [0.5, 0.6) is 0 Å². The normalized spacial score (nSPS) is 15.1. The molecule has 3 nitrogen and oxygen atoms in total. The van der Waals surface area contributed by atoms with Crippen LogP contribution < -0.4 is 0 Å². The van der Waals surface area contributed by atoms with Gasteiger partial charge in [-0.2, -0.15) is 5.26 Å². The highest BCUT2D eigenvalue weighted by atomic mass is 16.5. The Bertz CT molecular complexity index is 335. The molecule has 0 aliphatic heterocycles. The molecule has 1 aromatic rings. The molecular weight excluding hydrogens is 176 g/mol. The Morgan fingerprint density at radius 2 is 2.00 bits per heavy atom. The first-order valence-corrected chi connectivity index (χ1v) is 4.92. The largest absolute Gasteiger partial charge is 0.360 e. The Morgan fingerprint density at radius 3 is 2.50 bits per heavy atom. The minimum absolute atomic E-state index is 0.212. The van der Waals surface area contributed by atoms with Gasteiger partial charge in [-0.1, -0.05) is 25.9 Å². The average Bonchev–Trinajstić information content (AvgIpc) is 2.64. The second-order valence-corrected chi connectivity index (χ2v) is 4.04. The summed E-state index contributed by atoms with van der Waals surface area (Å²) in [5, 5.41) is 12.7. The second-order valence-electron chi connectivity index (χ2n) is 4.04. The summed E-state index contributed by atoms with van der Waals surface area (Å²) in [6.07, 6.45) is 0. The second kappa shape index (κ2) is 4.28. The lowest BCUT2D eigenvalue weighted by Crippen LogP contribution is -2.01. The molecule has 0 aliphatic carbocycles. The molecule has 2 atom stereocenters. The maximum Gasteiger partial charge on any atom is 0.153 e. The average molecular weight is 192 g/mol. The zero-order valence-corrected chi connectivity index (χ0v) is 9.11. The quantitative estimate of drug-likeness (QED) is 0.739. The molecule has 1 unspecified atom stereocenters. The zero-order valence-electron chi connectivity index (χ0n) is 9.11. The summed E-state index contributed by atoms with van der Waals surface area (Å²) in [5.74, 6) is 1.36. The summed E-state index contributed by atoms with van der Waals surface area (Å²) in [6.45, 7) is 8.22. The molecule has 1 aromatic heterocycles. The fourth-order valence-corrected chi connectivity index (χ4v) is 1.13. The summed E-state index contributed by atoms with van der Waals surface area (Å²) in [6, 6.07) is 4.02. The molecule has 0 amide bonds. The van der Waals surface area contributed by atoms with E-state index < -0.39 is 0 Å². The van der Waals surface area contributed by atoms with Crippen molar-refractivity contribution in [1.82, 2.24) is 5.16 Å². The summed E-state index contributed by atoms with van der Waals surface area (Å²) >= 11 is 0. The number of aromatic nitrogens is 1. The Hall–Kier alpha value is -1.30. The van der Waals surface area contributed by atoms with Crippen molar-refractivity contribution in [3.05, 3.63) is 17.5 Å². The van der Waals surface area contributed by atoms with E-state index in [2.05, 4.69) is 32.0 Å². The topological polar surface area (TPSA) is 49.8 Å². The van der Waals surface area contributed by atoms with E-state index in [4.69, 9.17) is 9.78 Å². The highest BCUT2D eigenvalue weighted by Crippen LogP contribution is 2.25. The third kappa shape index (κ3) is 2.14. The molecule has 0 fully saturated rings. The molecular formula is C11H16N2O. The highest BCUT2D eigenvalue weighted by Gasteiger charge is 2.17. The van der Waals surface area contributed by atoms with Gasteiger partial charge in [0.1, 0.15) is 5.92 Å². The Morgan fingerprint density at radius 1 is 1.36 bits per heavy atom. The Kier molecular flexibility index (Phi) is 3.29. The third-order valence-corrected chi connectivity index (χ3v) is 2.63. The van der Waals surface area contributed by atoms with Gasteiger partial charge in [-0.15, -0.1) is 0 Å². The van der Waals surface area contributed by atoms with Crippen LogP contribution in [0.3, 0.4) is 0 Å². The van der Waals surface area contributed by atoms with Gasteiger partial charge in [-0.25, -0.2) is 0 Å². The van der Waals surface area contributed by atoms with Crippen LogP contribution in [0, 0.1) is 17.2 Å². The maximum atomic E-state index is 8.71. The molecule has 3 heteroatoms. The third-order valence-electron chi connectivity index (χ3n) is 2.63. The lowest BCUT2D eigenvalue weighted by Gasteiger charge is -2.10. The minimum Gasteiger partial charge on any atom is -0.360 e. The smallest absolute Gasteiger partial charge is 0.153 e. The molecule has 0 radical (unpaired) electrons. The summed E-state index contributed by atoms with van der Waals surface area (Å²) in [5.41, 5.74) is 0.942. The maximum absolute atomic E-state index is 8.71. The fourth-order valence-electron chi connectivity index (χ4n) is 1.13. The van der Waals surface area contributed by atoms with Crippen LogP contribution in [0.25, 0.3) is 0 Å². The summed E-state index contributed by atoms with van der Waals surface area (Å²) < 4.78 is 5.12. The van der Waals surface area contributed by atoms with Crippen LogP contribution in [-0.4, -0.2) is 5.16 Å². The van der Waals surface area contributed by atoms with Gasteiger partial charge in [-0.05, 0) is 12.8 Å². The van der Waals surface area contributed by atoms with E-state index in [1.807, 2.05) is 13.0 Å². The van der Waals surface area contributed by atoms with Crippen LogP contribution >= 0.6 is 0 Å². The van der Waals surface area contributed by atoms with Gasteiger partial charge in [0.05, 0.1) is 11.8 Å². The van der Waals surface area contributed by atoms with Crippen molar-refractivity contribution in [1.29, 1.82) is 5.26 Å². The molecule has 0 saturated carbocycles. The van der Waals surface area contributed by atoms with E-state index in [0.717, 1.165) is 5.69 Å². The van der Waals surface area contributed by atoms with Crippen molar-refractivity contribution in [2.24, 2.45) is 5.92 Å². The van der Waals surface area contributed by atoms with E-state index in [1.54, 1.807) is 0 Å². The van der Waals surface area contributed by atoms with Gasteiger partial charge in [0.25, 0.3) is 0 Å². The van der Waals surface area contributed by atoms with Crippen molar-refractivity contribution < 1.29 is 4.52 Å². The van der Waals surface area contributed by atoms with Crippen molar-refractivity contribution in [3.63, 3.8) is 0 Å². The first kappa shape index (κ1) is 10.8. The molecule has 0 aliphatic rings. The predicted octanol–water partition coefficient (Wildman–Crippen LogP) is 3.06. The number of hydrogen-bond acceptors (Lipinski definition) is 3. The van der Waals surface area contributed by atoms with Crippen LogP contribution in [0.2, 0.25) is 0 Å². The molecule has 0 spiro atoms. The first-order chi connectivity index (χ1) is 6.56. The van der Waals surface area contributed by atoms with Gasteiger partial charge in [-0.3, -0.25) is 0 Å². The fraction of sp³-hybridized carbons (Fsp3) is 0.636. The van der Waals surface area contributed by atoms with Gasteiger partial charge in [0, 0.05) is 12.0 Å². The Balaban J connectivity index is 2.84. The number of nitriles is 1. The number of nitrogens with zero attached hydrogens (tertiary/aromatic N) is 2. The molecule has 1 heterocycles. The molecule has 14 heavy (non-hydrogen) atoms. The SMILES string of the molecule is CC(C#N)c1cc([C@@H](C)C(C)C)no1. The molecule has 0 aromatic carbocycles. The summed E-state index contributed by atoms with van der Waals surface area (Å²) in [7, 11) is 0. The van der Waals surface area contributed by atoms with Crippen LogP contribution in [0.15, 0.2) is 10.6 Å². The molecule has 0 bridgehead atoms. The van der Waals surface area contributed by atoms with Gasteiger partial charge < -0.3 is 4.52 Å². The predicted molar refractivity (Wildman–Crippen MR) is 53.8 cm³/mol. The molecule has 1 rings (SSSR count). The summed E-state index contributed by atoms with van der Waals surface area (Å²) in [4.78, 5) is 0. The van der Waals surface area contributed by atoms with E-state index >= 15 is 0 Å². The lowest BCUT2D eigenvalue weighted by molar-refractivity contribution is 0.363. The Labute approximate surface area is 84.7 Å². The lowest BCUT2D eigenvalue weighted by atomic mass is 9.94. The molecule has 0 saturated heterocycles. The minimum atomic E-state index is -0.212.